The molecule has 3 rings (SSSR count). The van der Waals surface area contributed by atoms with Crippen molar-refractivity contribution in [2.24, 2.45) is 0 Å². The zero-order valence-electron chi connectivity index (χ0n) is 13.3. The topological polar surface area (TPSA) is 74.8 Å². The number of halogens is 6. The summed E-state index contributed by atoms with van der Waals surface area (Å²) in [6.45, 7) is -0.324. The number of amides is 4. The summed E-state index contributed by atoms with van der Waals surface area (Å²) >= 11 is 35.3. The van der Waals surface area contributed by atoms with Gasteiger partial charge in [-0.2, -0.15) is 0 Å². The molecule has 12 heteroatoms. The Morgan fingerprint density at radius 1 is 0.519 bits per heavy atom. The van der Waals surface area contributed by atoms with Crippen LogP contribution in [0.3, 0.4) is 0 Å². The second-order valence-electron chi connectivity index (χ2n) is 5.68. The smallest absolute Gasteiger partial charge is 0.255 e. The summed E-state index contributed by atoms with van der Waals surface area (Å²) in [4.78, 5) is 46.2. The van der Waals surface area contributed by atoms with Crippen LogP contribution in [0.1, 0.15) is 0 Å². The van der Waals surface area contributed by atoms with Gasteiger partial charge in [0.1, 0.15) is 6.67 Å². The first-order valence-electron chi connectivity index (χ1n) is 7.47. The molecule has 6 nitrogen and oxygen atoms in total. The van der Waals surface area contributed by atoms with E-state index >= 15 is 0 Å². The highest BCUT2D eigenvalue weighted by molar-refractivity contribution is 6.45. The Hall–Kier alpha value is -0.500. The maximum atomic E-state index is 11.1. The van der Waals surface area contributed by atoms with Crippen molar-refractivity contribution in [2.75, 3.05) is 6.67 Å². The van der Waals surface area contributed by atoms with Gasteiger partial charge in [0.2, 0.25) is 0 Å². The average molecular weight is 497 g/mol. The summed E-state index contributed by atoms with van der Waals surface area (Å²) < 4.78 is 0. The molecule has 0 aromatic carbocycles. The van der Waals surface area contributed by atoms with Crippen molar-refractivity contribution in [3.05, 3.63) is 24.3 Å². The first-order chi connectivity index (χ1) is 12.6. The SMILES string of the molecule is Cl[C@H]1[C@H](Cl)[C@@H](Cl)[C@@H](Cl)[C@H](Cl)[C@H]1Cl.O=C1C=CC(=O)N1CN1C(=O)C=CC1=O. The second-order valence-corrected chi connectivity index (χ2v) is 8.71. The highest BCUT2D eigenvalue weighted by Gasteiger charge is 2.46. The molecule has 2 heterocycles. The van der Waals surface area contributed by atoms with Gasteiger partial charge in [-0.05, 0) is 0 Å². The third-order valence-corrected chi connectivity index (χ3v) is 7.94. The van der Waals surface area contributed by atoms with Crippen molar-refractivity contribution in [1.29, 1.82) is 0 Å². The van der Waals surface area contributed by atoms with Gasteiger partial charge in [-0.25, -0.2) is 0 Å². The third-order valence-electron chi connectivity index (χ3n) is 3.91. The lowest BCUT2D eigenvalue weighted by atomic mass is 9.97. The van der Waals surface area contributed by atoms with E-state index in [2.05, 4.69) is 0 Å². The largest absolute Gasteiger partial charge is 0.269 e. The van der Waals surface area contributed by atoms with E-state index in [1.54, 1.807) is 0 Å². The molecule has 0 bridgehead atoms. The molecule has 0 unspecified atom stereocenters. The van der Waals surface area contributed by atoms with Gasteiger partial charge in [0.15, 0.2) is 0 Å². The molecule has 0 saturated heterocycles. The van der Waals surface area contributed by atoms with E-state index in [0.29, 0.717) is 0 Å². The number of alkyl halides is 6. The number of imide groups is 2. The number of rotatable bonds is 2. The summed E-state index contributed by atoms with van der Waals surface area (Å²) in [5, 5.41) is -2.62. The first kappa shape index (κ1) is 22.8. The van der Waals surface area contributed by atoms with Crippen LogP contribution in [0.25, 0.3) is 0 Å². The lowest BCUT2D eigenvalue weighted by Crippen LogP contribution is -2.52. The number of hydrogen-bond donors (Lipinski definition) is 0. The van der Waals surface area contributed by atoms with Crippen LogP contribution in [0, 0.1) is 0 Å². The molecule has 1 saturated carbocycles. The molecule has 27 heavy (non-hydrogen) atoms. The van der Waals surface area contributed by atoms with Crippen LogP contribution in [0.4, 0.5) is 0 Å². The molecular formula is C15H12Cl6N2O4. The van der Waals surface area contributed by atoms with Gasteiger partial charge in [-0.15, -0.1) is 69.6 Å². The Morgan fingerprint density at radius 2 is 0.704 bits per heavy atom. The van der Waals surface area contributed by atoms with Crippen molar-refractivity contribution in [3.63, 3.8) is 0 Å². The van der Waals surface area contributed by atoms with Gasteiger partial charge in [0.05, 0.1) is 32.3 Å². The predicted octanol–water partition coefficient (Wildman–Crippen LogP) is 2.44. The second kappa shape index (κ2) is 9.33. The van der Waals surface area contributed by atoms with E-state index in [1.165, 1.54) is 0 Å². The van der Waals surface area contributed by atoms with E-state index in [1.807, 2.05) is 0 Å². The fourth-order valence-corrected chi connectivity index (χ4v) is 4.66. The van der Waals surface area contributed by atoms with Gasteiger partial charge < -0.3 is 0 Å². The summed E-state index contributed by atoms with van der Waals surface area (Å²) in [5.41, 5.74) is 0. The Balaban J connectivity index is 0.000000199. The average Bonchev–Trinajstić information content (AvgIpc) is 3.14. The summed E-state index contributed by atoms with van der Waals surface area (Å²) in [5.74, 6) is -2.08. The molecule has 0 aromatic rings. The van der Waals surface area contributed by atoms with Gasteiger partial charge in [-0.3, -0.25) is 29.0 Å². The molecule has 0 aromatic heterocycles. The Labute approximate surface area is 184 Å². The zero-order chi connectivity index (χ0) is 20.5. The first-order valence-corrected chi connectivity index (χ1v) is 10.1. The molecule has 2 aliphatic heterocycles. The summed E-state index contributed by atoms with van der Waals surface area (Å²) in [6, 6.07) is 0. The lowest BCUT2D eigenvalue weighted by Gasteiger charge is -2.37. The van der Waals surface area contributed by atoms with Crippen LogP contribution in [0.15, 0.2) is 24.3 Å². The van der Waals surface area contributed by atoms with Crippen molar-refractivity contribution in [1.82, 2.24) is 9.80 Å². The highest BCUT2D eigenvalue weighted by atomic mass is 35.5. The predicted molar refractivity (Wildman–Crippen MR) is 105 cm³/mol. The van der Waals surface area contributed by atoms with Crippen LogP contribution < -0.4 is 0 Å². The number of carbonyl (C=O) groups is 4. The monoisotopic (exact) mass is 494 g/mol. The van der Waals surface area contributed by atoms with Crippen LogP contribution in [-0.4, -0.2) is 72.4 Å². The maximum Gasteiger partial charge on any atom is 0.255 e. The van der Waals surface area contributed by atoms with E-state index < -0.39 is 55.9 Å². The van der Waals surface area contributed by atoms with Gasteiger partial charge in [0.25, 0.3) is 23.6 Å². The quantitative estimate of drug-likeness (QED) is 0.435. The normalized spacial score (nSPS) is 35.8. The van der Waals surface area contributed by atoms with Gasteiger partial charge >= 0.3 is 0 Å². The molecule has 148 valence electrons. The Kier molecular flexibility index (Phi) is 7.88. The third kappa shape index (κ3) is 4.92. The Morgan fingerprint density at radius 3 is 0.889 bits per heavy atom. The fraction of sp³-hybridized carbons (Fsp3) is 0.467. The molecule has 0 spiro atoms. The minimum absolute atomic E-state index is 0.324. The number of nitrogens with zero attached hydrogens (tertiary/aromatic N) is 2. The number of carbonyl (C=O) groups excluding carboxylic acids is 4. The molecule has 3 aliphatic rings. The van der Waals surface area contributed by atoms with E-state index in [-0.39, 0.29) is 6.67 Å². The van der Waals surface area contributed by atoms with Crippen molar-refractivity contribution in [3.8, 4) is 0 Å². The summed E-state index contributed by atoms with van der Waals surface area (Å²) in [7, 11) is 0. The fourth-order valence-electron chi connectivity index (χ4n) is 2.34. The maximum absolute atomic E-state index is 11.1. The minimum Gasteiger partial charge on any atom is -0.269 e. The minimum atomic E-state index is -0.521. The zero-order valence-corrected chi connectivity index (χ0v) is 17.8. The van der Waals surface area contributed by atoms with Crippen LogP contribution in [0.2, 0.25) is 0 Å². The molecule has 1 fully saturated rings. The van der Waals surface area contributed by atoms with Crippen LogP contribution in [-0.2, 0) is 19.2 Å². The van der Waals surface area contributed by atoms with E-state index in [4.69, 9.17) is 69.6 Å². The number of hydrogen-bond acceptors (Lipinski definition) is 4. The standard InChI is InChI=1S/C9H6N2O4.C6H6Cl6/c12-6-1-2-7(13)10(6)5-11-8(14)3-4-9(11)15;7-1-2(8)4(10)6(12)5(11)3(1)9/h1-4H,5H2;1-6H/t;1-,2-,3-,4+,5+,6+. The molecule has 0 radical (unpaired) electrons. The van der Waals surface area contributed by atoms with Crippen LogP contribution in [0.5, 0.6) is 0 Å². The molecule has 4 amide bonds. The van der Waals surface area contributed by atoms with Crippen molar-refractivity contribution in [2.45, 2.75) is 32.3 Å². The molecular weight excluding hydrogens is 485 g/mol. The molecule has 1 aliphatic carbocycles. The van der Waals surface area contributed by atoms with Crippen molar-refractivity contribution >= 4 is 93.2 Å². The van der Waals surface area contributed by atoms with Gasteiger partial charge in [0, 0.05) is 24.3 Å². The highest BCUT2D eigenvalue weighted by Crippen LogP contribution is 2.39. The molecule has 0 atom stereocenters. The van der Waals surface area contributed by atoms with Crippen molar-refractivity contribution < 1.29 is 19.2 Å². The molecule has 0 N–H and O–H groups in total. The van der Waals surface area contributed by atoms with Crippen LogP contribution >= 0.6 is 69.6 Å². The summed E-state index contributed by atoms with van der Waals surface area (Å²) in [6.07, 6.45) is 4.39. The lowest BCUT2D eigenvalue weighted by molar-refractivity contribution is -0.145. The van der Waals surface area contributed by atoms with E-state index in [0.717, 1.165) is 34.1 Å². The van der Waals surface area contributed by atoms with E-state index in [9.17, 15) is 19.2 Å². The van der Waals surface area contributed by atoms with Gasteiger partial charge in [-0.1, -0.05) is 0 Å². The Bertz CT molecular complexity index is 580.